The van der Waals surface area contributed by atoms with Gasteiger partial charge in [-0.1, -0.05) is 65.9 Å². The van der Waals surface area contributed by atoms with Crippen molar-refractivity contribution < 1.29 is 4.79 Å². The van der Waals surface area contributed by atoms with Gasteiger partial charge in [-0.2, -0.15) is 0 Å². The Kier molecular flexibility index (Phi) is 4.98. The van der Waals surface area contributed by atoms with Crippen molar-refractivity contribution in [3.8, 4) is 0 Å². The highest BCUT2D eigenvalue weighted by Crippen LogP contribution is 2.18. The molecule has 1 amide bonds. The molecule has 27 heavy (non-hydrogen) atoms. The molecule has 1 N–H and O–H groups in total. The van der Waals surface area contributed by atoms with Gasteiger partial charge in [0.05, 0.1) is 11.2 Å². The first-order valence-corrected chi connectivity index (χ1v) is 9.29. The van der Waals surface area contributed by atoms with Crippen molar-refractivity contribution >= 4 is 39.4 Å². The van der Waals surface area contributed by atoms with Crippen molar-refractivity contribution in [3.05, 3.63) is 89.1 Å². The predicted octanol–water partition coefficient (Wildman–Crippen LogP) is 4.33. The van der Waals surface area contributed by atoms with Crippen molar-refractivity contribution in [3.63, 3.8) is 0 Å². The van der Waals surface area contributed by atoms with Gasteiger partial charge in [0.2, 0.25) is 11.0 Å². The molecule has 5 nitrogen and oxygen atoms in total. The summed E-state index contributed by atoms with van der Waals surface area (Å²) in [6, 6.07) is 21.8. The van der Waals surface area contributed by atoms with E-state index in [9.17, 15) is 4.79 Å². The molecule has 6 heteroatoms. The van der Waals surface area contributed by atoms with Gasteiger partial charge in [0, 0.05) is 17.9 Å². The number of aromatic nitrogens is 3. The van der Waals surface area contributed by atoms with Crippen LogP contribution >= 0.6 is 11.3 Å². The summed E-state index contributed by atoms with van der Waals surface area (Å²) in [5.74, 6) is -0.257. The van der Waals surface area contributed by atoms with Crippen molar-refractivity contribution in [2.75, 3.05) is 5.32 Å². The van der Waals surface area contributed by atoms with Gasteiger partial charge in [-0.25, -0.2) is 4.98 Å². The van der Waals surface area contributed by atoms with Crippen LogP contribution in [0, 0.1) is 0 Å². The number of carbonyl (C=O) groups is 1. The second kappa shape index (κ2) is 7.88. The van der Waals surface area contributed by atoms with E-state index in [1.54, 1.807) is 6.08 Å². The van der Waals surface area contributed by atoms with Crippen LogP contribution in [0.15, 0.2) is 72.8 Å². The minimum atomic E-state index is -0.257. The van der Waals surface area contributed by atoms with Crippen LogP contribution in [0.3, 0.4) is 0 Å². The van der Waals surface area contributed by atoms with Crippen LogP contribution in [0.5, 0.6) is 0 Å². The lowest BCUT2D eigenvalue weighted by Crippen LogP contribution is -2.07. The fraction of sp³-hybridized carbons (Fsp3) is 0.0476. The molecular formula is C21H16N4OS. The SMILES string of the molecule is O=C(C=Cc1ccc2ccccc2n1)Nc1nnc(Cc2ccccc2)s1. The number of hydrogen-bond donors (Lipinski definition) is 1. The largest absolute Gasteiger partial charge is 0.297 e. The monoisotopic (exact) mass is 372 g/mol. The highest BCUT2D eigenvalue weighted by molar-refractivity contribution is 7.15. The number of rotatable bonds is 5. The number of amides is 1. The van der Waals surface area contributed by atoms with E-state index in [4.69, 9.17) is 0 Å². The highest BCUT2D eigenvalue weighted by atomic mass is 32.1. The zero-order valence-electron chi connectivity index (χ0n) is 14.4. The molecule has 0 aliphatic heterocycles. The molecule has 0 aliphatic carbocycles. The molecule has 0 fully saturated rings. The average molecular weight is 372 g/mol. The van der Waals surface area contributed by atoms with Crippen molar-refractivity contribution in [2.24, 2.45) is 0 Å². The van der Waals surface area contributed by atoms with Crippen molar-refractivity contribution in [1.29, 1.82) is 0 Å². The molecule has 132 valence electrons. The molecule has 2 heterocycles. The van der Waals surface area contributed by atoms with Crippen LogP contribution in [-0.2, 0) is 11.2 Å². The highest BCUT2D eigenvalue weighted by Gasteiger charge is 2.07. The standard InChI is InChI=1S/C21H16N4OS/c26-19(13-12-17-11-10-16-8-4-5-9-18(16)22-17)23-21-25-24-20(27-21)14-15-6-2-1-3-7-15/h1-13H,14H2,(H,23,25,26). The Hall–Kier alpha value is -3.38. The van der Waals surface area contributed by atoms with E-state index in [0.717, 1.165) is 27.2 Å². The lowest BCUT2D eigenvalue weighted by molar-refractivity contribution is -0.111. The molecule has 0 spiro atoms. The van der Waals surface area contributed by atoms with Crippen LogP contribution in [0.25, 0.3) is 17.0 Å². The van der Waals surface area contributed by atoms with Crippen LogP contribution in [0.4, 0.5) is 5.13 Å². The fourth-order valence-corrected chi connectivity index (χ4v) is 3.41. The average Bonchev–Trinajstić information content (AvgIpc) is 3.13. The van der Waals surface area contributed by atoms with Crippen molar-refractivity contribution in [2.45, 2.75) is 6.42 Å². The number of pyridine rings is 1. The number of carbonyl (C=O) groups excluding carboxylic acids is 1. The number of anilines is 1. The third-order valence-corrected chi connectivity index (χ3v) is 4.76. The third kappa shape index (κ3) is 4.43. The van der Waals surface area contributed by atoms with Gasteiger partial charge in [-0.05, 0) is 23.8 Å². The second-order valence-corrected chi connectivity index (χ2v) is 6.98. The van der Waals surface area contributed by atoms with Crippen LogP contribution in [0.1, 0.15) is 16.3 Å². The molecule has 2 aromatic carbocycles. The van der Waals surface area contributed by atoms with Gasteiger partial charge in [0.1, 0.15) is 5.01 Å². The Morgan fingerprint density at radius 2 is 1.78 bits per heavy atom. The molecule has 0 bridgehead atoms. The Morgan fingerprint density at radius 1 is 0.963 bits per heavy atom. The number of benzene rings is 2. The maximum atomic E-state index is 12.1. The van der Waals surface area contributed by atoms with E-state index in [-0.39, 0.29) is 5.91 Å². The maximum absolute atomic E-state index is 12.1. The molecule has 4 aromatic rings. The van der Waals surface area contributed by atoms with Gasteiger partial charge < -0.3 is 0 Å². The molecule has 2 aromatic heterocycles. The van der Waals surface area contributed by atoms with E-state index in [0.29, 0.717) is 11.6 Å². The molecular weight excluding hydrogens is 356 g/mol. The first-order valence-electron chi connectivity index (χ1n) is 8.47. The molecule has 0 radical (unpaired) electrons. The number of hydrogen-bond acceptors (Lipinski definition) is 5. The van der Waals surface area contributed by atoms with E-state index in [1.165, 1.54) is 17.4 Å². The van der Waals surface area contributed by atoms with Gasteiger partial charge in [-0.3, -0.25) is 10.1 Å². The second-order valence-electron chi connectivity index (χ2n) is 5.91. The normalized spacial score (nSPS) is 11.1. The number of fused-ring (bicyclic) bond motifs is 1. The summed E-state index contributed by atoms with van der Waals surface area (Å²) in [6.07, 6.45) is 3.84. The predicted molar refractivity (Wildman–Crippen MR) is 109 cm³/mol. The van der Waals surface area contributed by atoms with Crippen molar-refractivity contribution in [1.82, 2.24) is 15.2 Å². The summed E-state index contributed by atoms with van der Waals surface area (Å²) in [6.45, 7) is 0. The minimum Gasteiger partial charge on any atom is -0.297 e. The first kappa shape index (κ1) is 17.1. The Labute approximate surface area is 160 Å². The van der Waals surface area contributed by atoms with E-state index in [1.807, 2.05) is 66.7 Å². The quantitative estimate of drug-likeness (QED) is 0.530. The summed E-state index contributed by atoms with van der Waals surface area (Å²) in [4.78, 5) is 16.6. The lowest BCUT2D eigenvalue weighted by Gasteiger charge is -1.98. The smallest absolute Gasteiger partial charge is 0.250 e. The summed E-state index contributed by atoms with van der Waals surface area (Å²) >= 11 is 1.38. The summed E-state index contributed by atoms with van der Waals surface area (Å²) < 4.78 is 0. The minimum absolute atomic E-state index is 0.257. The van der Waals surface area contributed by atoms with Gasteiger partial charge in [0.25, 0.3) is 0 Å². The molecule has 0 unspecified atom stereocenters. The lowest BCUT2D eigenvalue weighted by atomic mass is 10.2. The first-order chi connectivity index (χ1) is 13.3. The van der Waals surface area contributed by atoms with E-state index >= 15 is 0 Å². The molecule has 0 saturated heterocycles. The number of nitrogens with one attached hydrogen (secondary N) is 1. The van der Waals surface area contributed by atoms with Gasteiger partial charge in [0.15, 0.2) is 0 Å². The summed E-state index contributed by atoms with van der Waals surface area (Å²) in [7, 11) is 0. The Morgan fingerprint density at radius 3 is 2.67 bits per heavy atom. The van der Waals surface area contributed by atoms with Crippen LogP contribution in [-0.4, -0.2) is 21.1 Å². The van der Waals surface area contributed by atoms with E-state index < -0.39 is 0 Å². The number of nitrogens with zero attached hydrogens (tertiary/aromatic N) is 3. The van der Waals surface area contributed by atoms with E-state index in [2.05, 4.69) is 20.5 Å². The van der Waals surface area contributed by atoms with Gasteiger partial charge >= 0.3 is 0 Å². The Bertz CT molecular complexity index is 1110. The zero-order valence-corrected chi connectivity index (χ0v) is 15.2. The zero-order chi connectivity index (χ0) is 18.5. The number of para-hydroxylation sites is 1. The van der Waals surface area contributed by atoms with Gasteiger partial charge in [-0.15, -0.1) is 10.2 Å². The third-order valence-electron chi connectivity index (χ3n) is 3.92. The topological polar surface area (TPSA) is 67.8 Å². The summed E-state index contributed by atoms with van der Waals surface area (Å²) in [5.41, 5.74) is 2.79. The maximum Gasteiger partial charge on any atom is 0.250 e. The summed E-state index contributed by atoms with van der Waals surface area (Å²) in [5, 5.41) is 13.3. The van der Waals surface area contributed by atoms with Crippen LogP contribution in [0.2, 0.25) is 0 Å². The molecule has 0 saturated carbocycles. The molecule has 0 atom stereocenters. The van der Waals surface area contributed by atoms with Crippen LogP contribution < -0.4 is 5.32 Å². The molecule has 0 aliphatic rings. The Balaban J connectivity index is 1.39. The molecule has 4 rings (SSSR count). The fourth-order valence-electron chi connectivity index (χ4n) is 2.63.